The number of non-ortho nitro benzene ring substituents is 1. The summed E-state index contributed by atoms with van der Waals surface area (Å²) in [6.45, 7) is 0. The molecule has 0 aliphatic carbocycles. The van der Waals surface area contributed by atoms with Crippen LogP contribution in [0.5, 0.6) is 0 Å². The Morgan fingerprint density at radius 3 is 2.33 bits per heavy atom. The Morgan fingerprint density at radius 2 is 1.93 bits per heavy atom. The third kappa shape index (κ3) is 3.07. The van der Waals surface area contributed by atoms with Crippen LogP contribution in [0.2, 0.25) is 0 Å². The van der Waals surface area contributed by atoms with Crippen molar-refractivity contribution < 1.29 is 14.8 Å². The minimum Gasteiger partial charge on any atom is -0.478 e. The zero-order chi connectivity index (χ0) is 11.4. The number of carboxylic acids is 1. The quantitative estimate of drug-likeness (QED) is 0.488. The molecule has 0 fully saturated rings. The number of aliphatic carboxylic acids is 1. The number of hydrogen-bond acceptors (Lipinski definition) is 3. The molecule has 15 heavy (non-hydrogen) atoms. The molecule has 6 heteroatoms. The van der Waals surface area contributed by atoms with Crippen LogP contribution in [0.25, 0.3) is 5.03 Å². The van der Waals surface area contributed by atoms with Crippen molar-refractivity contribution in [3.05, 3.63) is 46.0 Å². The average molecular weight is 228 g/mol. The predicted octanol–water partition coefficient (Wildman–Crippen LogP) is 2.26. The van der Waals surface area contributed by atoms with E-state index in [2.05, 4.69) is 0 Å². The van der Waals surface area contributed by atoms with Gasteiger partial charge in [-0.15, -0.1) is 0 Å². The minimum atomic E-state index is -1.17. The lowest BCUT2D eigenvalue weighted by molar-refractivity contribution is -0.384. The molecule has 0 atom stereocenters. The second kappa shape index (κ2) is 4.56. The highest BCUT2D eigenvalue weighted by Gasteiger charge is 2.06. The largest absolute Gasteiger partial charge is 0.478 e. The predicted molar refractivity (Wildman–Crippen MR) is 54.6 cm³/mol. The normalized spacial score (nSPS) is 11.1. The molecule has 0 amide bonds. The van der Waals surface area contributed by atoms with E-state index in [9.17, 15) is 14.9 Å². The molecule has 0 bridgehead atoms. The van der Waals surface area contributed by atoms with Crippen molar-refractivity contribution in [2.24, 2.45) is 0 Å². The zero-order valence-electron chi connectivity index (χ0n) is 7.38. The smallest absolute Gasteiger partial charge is 0.329 e. The van der Waals surface area contributed by atoms with E-state index in [-0.39, 0.29) is 10.7 Å². The molecule has 0 spiro atoms. The number of nitro benzene ring substituents is 1. The molecule has 78 valence electrons. The van der Waals surface area contributed by atoms with E-state index in [0.29, 0.717) is 5.56 Å². The van der Waals surface area contributed by atoms with Gasteiger partial charge in [0.2, 0.25) is 0 Å². The molecular weight excluding hydrogens is 222 g/mol. The van der Waals surface area contributed by atoms with Crippen LogP contribution < -0.4 is 0 Å². The van der Waals surface area contributed by atoms with Crippen LogP contribution >= 0.6 is 11.6 Å². The minimum absolute atomic E-state index is 0.0254. The number of carboxylic acid groups (broad SMARTS) is 1. The van der Waals surface area contributed by atoms with E-state index in [1.165, 1.54) is 24.3 Å². The molecular formula is C9H6ClNO4. The zero-order valence-corrected chi connectivity index (χ0v) is 8.14. The van der Waals surface area contributed by atoms with Crippen molar-refractivity contribution in [3.63, 3.8) is 0 Å². The molecule has 0 radical (unpaired) electrons. The van der Waals surface area contributed by atoms with Gasteiger partial charge >= 0.3 is 5.97 Å². The summed E-state index contributed by atoms with van der Waals surface area (Å²) in [6, 6.07) is 5.29. The molecule has 1 rings (SSSR count). The van der Waals surface area contributed by atoms with Crippen LogP contribution in [0.15, 0.2) is 30.3 Å². The monoisotopic (exact) mass is 227 g/mol. The summed E-state index contributed by atoms with van der Waals surface area (Å²) in [5, 5.41) is 18.8. The molecule has 0 unspecified atom stereocenters. The Balaban J connectivity index is 2.99. The summed E-state index contributed by atoms with van der Waals surface area (Å²) >= 11 is 5.64. The summed E-state index contributed by atoms with van der Waals surface area (Å²) in [6.07, 6.45) is 0.822. The highest BCUT2D eigenvalue weighted by atomic mass is 35.5. The molecule has 1 N–H and O–H groups in total. The van der Waals surface area contributed by atoms with Crippen LogP contribution in [0.3, 0.4) is 0 Å². The maximum atomic E-state index is 10.3. The molecule has 0 saturated carbocycles. The summed E-state index contributed by atoms with van der Waals surface area (Å²) in [5.41, 5.74) is 0.350. The molecule has 0 heterocycles. The fourth-order valence-electron chi connectivity index (χ4n) is 0.934. The number of nitro groups is 1. The van der Waals surface area contributed by atoms with Gasteiger partial charge < -0.3 is 5.11 Å². The number of benzene rings is 1. The van der Waals surface area contributed by atoms with Gasteiger partial charge in [-0.25, -0.2) is 4.79 Å². The maximum Gasteiger partial charge on any atom is 0.329 e. The van der Waals surface area contributed by atoms with Gasteiger partial charge in [-0.05, 0) is 17.7 Å². The van der Waals surface area contributed by atoms with Crippen LogP contribution in [0.4, 0.5) is 5.69 Å². The van der Waals surface area contributed by atoms with Gasteiger partial charge in [-0.2, -0.15) is 0 Å². The fraction of sp³-hybridized carbons (Fsp3) is 0. The van der Waals surface area contributed by atoms with E-state index < -0.39 is 10.9 Å². The van der Waals surface area contributed by atoms with Gasteiger partial charge in [-0.3, -0.25) is 10.1 Å². The SMILES string of the molecule is O=C(O)/C=C(/Cl)c1ccc([N+](=O)[O-])cc1. The Bertz CT molecular complexity index is 424. The van der Waals surface area contributed by atoms with Crippen LogP contribution in [-0.4, -0.2) is 16.0 Å². The van der Waals surface area contributed by atoms with Crippen molar-refractivity contribution in [2.75, 3.05) is 0 Å². The lowest BCUT2D eigenvalue weighted by Gasteiger charge is -1.97. The van der Waals surface area contributed by atoms with E-state index in [1.54, 1.807) is 0 Å². The van der Waals surface area contributed by atoms with Gasteiger partial charge in [0.1, 0.15) is 0 Å². The number of halogens is 1. The van der Waals surface area contributed by atoms with Crippen LogP contribution in [0.1, 0.15) is 5.56 Å². The van der Waals surface area contributed by atoms with Gasteiger partial charge in [0.25, 0.3) is 5.69 Å². The standard InChI is InChI=1S/C9H6ClNO4/c10-8(5-9(12)13)6-1-3-7(4-2-6)11(14)15/h1-5H,(H,12,13)/b8-5+. The first kappa shape index (κ1) is 11.2. The topological polar surface area (TPSA) is 80.4 Å². The van der Waals surface area contributed by atoms with E-state index in [1.807, 2.05) is 0 Å². The Labute approximate surface area is 89.7 Å². The summed E-state index contributed by atoms with van der Waals surface area (Å²) in [4.78, 5) is 20.1. The molecule has 0 aliphatic rings. The fourth-order valence-corrected chi connectivity index (χ4v) is 1.15. The van der Waals surface area contributed by atoms with Gasteiger partial charge in [0, 0.05) is 18.2 Å². The average Bonchev–Trinajstić information content (AvgIpc) is 2.17. The third-order valence-corrected chi connectivity index (χ3v) is 1.93. The number of carbonyl (C=O) groups is 1. The van der Waals surface area contributed by atoms with Crippen LogP contribution in [0, 0.1) is 10.1 Å². The van der Waals surface area contributed by atoms with Crippen molar-refractivity contribution in [2.45, 2.75) is 0 Å². The third-order valence-electron chi connectivity index (χ3n) is 1.60. The van der Waals surface area contributed by atoms with Crippen molar-refractivity contribution in [1.82, 2.24) is 0 Å². The first-order valence-electron chi connectivity index (χ1n) is 3.85. The van der Waals surface area contributed by atoms with Gasteiger partial charge in [0.05, 0.1) is 9.96 Å². The maximum absolute atomic E-state index is 10.3. The first-order valence-corrected chi connectivity index (χ1v) is 4.23. The van der Waals surface area contributed by atoms with Crippen LogP contribution in [-0.2, 0) is 4.79 Å². The second-order valence-electron chi connectivity index (χ2n) is 2.63. The lowest BCUT2D eigenvalue weighted by Crippen LogP contribution is -1.90. The number of hydrogen-bond donors (Lipinski definition) is 1. The summed E-state index contributed by atoms with van der Waals surface area (Å²) in [7, 11) is 0. The summed E-state index contributed by atoms with van der Waals surface area (Å²) < 4.78 is 0. The molecule has 1 aromatic carbocycles. The van der Waals surface area contributed by atoms with Gasteiger partial charge in [-0.1, -0.05) is 11.6 Å². The van der Waals surface area contributed by atoms with E-state index >= 15 is 0 Å². The number of rotatable bonds is 3. The van der Waals surface area contributed by atoms with Crippen molar-refractivity contribution >= 4 is 28.3 Å². The molecule has 0 aliphatic heterocycles. The Hall–Kier alpha value is -1.88. The first-order chi connectivity index (χ1) is 7.00. The highest BCUT2D eigenvalue weighted by molar-refractivity contribution is 6.50. The highest BCUT2D eigenvalue weighted by Crippen LogP contribution is 2.21. The van der Waals surface area contributed by atoms with Crippen molar-refractivity contribution in [1.29, 1.82) is 0 Å². The van der Waals surface area contributed by atoms with Crippen molar-refractivity contribution in [3.8, 4) is 0 Å². The molecule has 0 aromatic heterocycles. The molecule has 5 nitrogen and oxygen atoms in total. The molecule has 0 saturated heterocycles. The van der Waals surface area contributed by atoms with E-state index in [4.69, 9.17) is 16.7 Å². The lowest BCUT2D eigenvalue weighted by atomic mass is 10.2. The Kier molecular flexibility index (Phi) is 3.41. The number of nitrogens with zero attached hydrogens (tertiary/aromatic N) is 1. The van der Waals surface area contributed by atoms with E-state index in [0.717, 1.165) is 6.08 Å². The molecule has 1 aromatic rings. The second-order valence-corrected chi connectivity index (χ2v) is 3.04. The van der Waals surface area contributed by atoms with Gasteiger partial charge in [0.15, 0.2) is 0 Å². The summed E-state index contributed by atoms with van der Waals surface area (Å²) in [5.74, 6) is -1.17. The Morgan fingerprint density at radius 1 is 1.40 bits per heavy atom.